The zero-order chi connectivity index (χ0) is 15.9. The van der Waals surface area contributed by atoms with Crippen molar-refractivity contribution < 1.29 is 9.53 Å². The lowest BCUT2D eigenvalue weighted by molar-refractivity contribution is -0.119. The molecule has 1 aliphatic heterocycles. The third kappa shape index (κ3) is 6.95. The quantitative estimate of drug-likeness (QED) is 0.799. The van der Waals surface area contributed by atoms with E-state index in [-0.39, 0.29) is 36.6 Å². The normalized spacial score (nSPS) is 15.8. The number of rotatable bonds is 6. The Morgan fingerprint density at radius 2 is 1.96 bits per heavy atom. The van der Waals surface area contributed by atoms with Crippen LogP contribution in [-0.4, -0.2) is 50.7 Å². The number of carbonyl (C=O) groups is 1. The number of ether oxygens (including phenoxy) is 1. The summed E-state index contributed by atoms with van der Waals surface area (Å²) in [6, 6.07) is 6.31. The SMILES string of the molecule is CNCC(C)C(=O)Nc1cc(CN2CCOCC2)ccc1C.Cl.Cl. The van der Waals surface area contributed by atoms with Crippen LogP contribution in [0, 0.1) is 12.8 Å². The van der Waals surface area contributed by atoms with Crippen molar-refractivity contribution in [2.75, 3.05) is 45.2 Å². The fraction of sp³-hybridized carbons (Fsp3) is 0.588. The molecule has 0 saturated carbocycles. The van der Waals surface area contributed by atoms with Gasteiger partial charge in [-0.05, 0) is 31.2 Å². The first-order valence-electron chi connectivity index (χ1n) is 7.95. The average molecular weight is 378 g/mol. The molecule has 0 radical (unpaired) electrons. The second-order valence-corrected chi connectivity index (χ2v) is 5.99. The molecule has 1 heterocycles. The maximum Gasteiger partial charge on any atom is 0.228 e. The number of halogens is 2. The summed E-state index contributed by atoms with van der Waals surface area (Å²) in [4.78, 5) is 14.6. The predicted molar refractivity (Wildman–Crippen MR) is 103 cm³/mol. The number of benzene rings is 1. The molecule has 1 amide bonds. The molecule has 0 aliphatic carbocycles. The van der Waals surface area contributed by atoms with Crippen LogP contribution in [0.5, 0.6) is 0 Å². The Hall–Kier alpha value is -0.850. The monoisotopic (exact) mass is 377 g/mol. The number of aryl methyl sites for hydroxylation is 1. The molecule has 2 rings (SSSR count). The van der Waals surface area contributed by atoms with Gasteiger partial charge in [-0.1, -0.05) is 19.1 Å². The van der Waals surface area contributed by atoms with Crippen molar-refractivity contribution in [2.45, 2.75) is 20.4 Å². The lowest BCUT2D eigenvalue weighted by Crippen LogP contribution is -2.35. The molecule has 0 spiro atoms. The largest absolute Gasteiger partial charge is 0.379 e. The van der Waals surface area contributed by atoms with Gasteiger partial charge in [-0.25, -0.2) is 0 Å². The average Bonchev–Trinajstić information content (AvgIpc) is 2.52. The van der Waals surface area contributed by atoms with Gasteiger partial charge in [0, 0.05) is 37.8 Å². The van der Waals surface area contributed by atoms with Crippen molar-refractivity contribution >= 4 is 36.4 Å². The van der Waals surface area contributed by atoms with Gasteiger partial charge in [0.05, 0.1) is 13.2 Å². The number of hydrogen-bond donors (Lipinski definition) is 2. The first-order valence-corrected chi connectivity index (χ1v) is 7.95. The Kier molecular flexibility index (Phi) is 11.2. The molecule has 1 aromatic rings. The highest BCUT2D eigenvalue weighted by Crippen LogP contribution is 2.19. The number of carbonyl (C=O) groups excluding carboxylic acids is 1. The number of nitrogens with one attached hydrogen (secondary N) is 2. The van der Waals surface area contributed by atoms with E-state index < -0.39 is 0 Å². The molecular weight excluding hydrogens is 349 g/mol. The van der Waals surface area contributed by atoms with Crippen LogP contribution in [0.1, 0.15) is 18.1 Å². The van der Waals surface area contributed by atoms with E-state index in [4.69, 9.17) is 4.74 Å². The second kappa shape index (κ2) is 11.7. The molecule has 1 atom stereocenters. The van der Waals surface area contributed by atoms with E-state index in [1.165, 1.54) is 5.56 Å². The zero-order valence-electron chi connectivity index (χ0n) is 14.6. The minimum Gasteiger partial charge on any atom is -0.379 e. The first-order chi connectivity index (χ1) is 10.6. The minimum atomic E-state index is -0.0488. The molecule has 1 fully saturated rings. The van der Waals surface area contributed by atoms with Gasteiger partial charge in [-0.2, -0.15) is 0 Å². The Labute approximate surface area is 157 Å². The fourth-order valence-electron chi connectivity index (χ4n) is 2.57. The second-order valence-electron chi connectivity index (χ2n) is 5.99. The summed E-state index contributed by atoms with van der Waals surface area (Å²) < 4.78 is 5.38. The number of anilines is 1. The Morgan fingerprint density at radius 3 is 2.58 bits per heavy atom. The van der Waals surface area contributed by atoms with Gasteiger partial charge in [0.1, 0.15) is 0 Å². The molecule has 1 saturated heterocycles. The van der Waals surface area contributed by atoms with Gasteiger partial charge in [0.25, 0.3) is 0 Å². The van der Waals surface area contributed by atoms with Gasteiger partial charge >= 0.3 is 0 Å². The maximum absolute atomic E-state index is 12.2. The molecule has 138 valence electrons. The molecule has 1 aromatic carbocycles. The summed E-state index contributed by atoms with van der Waals surface area (Å²) >= 11 is 0. The van der Waals surface area contributed by atoms with Gasteiger partial charge in [-0.15, -0.1) is 24.8 Å². The van der Waals surface area contributed by atoms with Crippen molar-refractivity contribution in [1.29, 1.82) is 0 Å². The lowest BCUT2D eigenvalue weighted by atomic mass is 10.1. The number of hydrogen-bond acceptors (Lipinski definition) is 4. The highest BCUT2D eigenvalue weighted by molar-refractivity contribution is 5.93. The Bertz CT molecular complexity index is 509. The first kappa shape index (κ1) is 23.1. The highest BCUT2D eigenvalue weighted by Gasteiger charge is 2.14. The molecule has 5 nitrogen and oxygen atoms in total. The van der Waals surface area contributed by atoms with Crippen LogP contribution in [0.15, 0.2) is 18.2 Å². The molecule has 7 heteroatoms. The fourth-order valence-corrected chi connectivity index (χ4v) is 2.57. The summed E-state index contributed by atoms with van der Waals surface area (Å²) in [5.74, 6) is 0.00766. The van der Waals surface area contributed by atoms with Crippen molar-refractivity contribution in [1.82, 2.24) is 10.2 Å². The van der Waals surface area contributed by atoms with Gasteiger partial charge < -0.3 is 15.4 Å². The van der Waals surface area contributed by atoms with Crippen LogP contribution < -0.4 is 10.6 Å². The standard InChI is InChI=1S/C17H27N3O2.2ClH/c1-13-4-5-15(12-20-6-8-22-9-7-20)10-16(13)19-17(21)14(2)11-18-3;;/h4-5,10,14,18H,6-9,11-12H2,1-3H3,(H,19,21);2*1H. The smallest absolute Gasteiger partial charge is 0.228 e. The topological polar surface area (TPSA) is 53.6 Å². The number of nitrogens with zero attached hydrogens (tertiary/aromatic N) is 1. The van der Waals surface area contributed by atoms with Gasteiger partial charge in [0.15, 0.2) is 0 Å². The summed E-state index contributed by atoms with van der Waals surface area (Å²) in [5, 5.41) is 6.09. The lowest BCUT2D eigenvalue weighted by Gasteiger charge is -2.26. The molecular formula is C17H29Cl2N3O2. The third-order valence-corrected chi connectivity index (χ3v) is 4.03. The van der Waals surface area contributed by atoms with Crippen molar-refractivity contribution in [3.8, 4) is 0 Å². The van der Waals surface area contributed by atoms with Crippen LogP contribution in [-0.2, 0) is 16.1 Å². The minimum absolute atomic E-state index is 0. The van der Waals surface area contributed by atoms with E-state index in [0.29, 0.717) is 6.54 Å². The van der Waals surface area contributed by atoms with E-state index in [2.05, 4.69) is 33.7 Å². The summed E-state index contributed by atoms with van der Waals surface area (Å²) in [6.07, 6.45) is 0. The molecule has 1 aliphatic rings. The van der Waals surface area contributed by atoms with Crippen LogP contribution in [0.25, 0.3) is 0 Å². The molecule has 24 heavy (non-hydrogen) atoms. The van der Waals surface area contributed by atoms with E-state index in [0.717, 1.165) is 44.1 Å². The zero-order valence-corrected chi connectivity index (χ0v) is 16.3. The Morgan fingerprint density at radius 1 is 1.29 bits per heavy atom. The summed E-state index contributed by atoms with van der Waals surface area (Å²) in [5.41, 5.74) is 3.23. The molecule has 0 bridgehead atoms. The van der Waals surface area contributed by atoms with E-state index in [1.807, 2.05) is 20.9 Å². The summed E-state index contributed by atoms with van der Waals surface area (Å²) in [6.45, 7) is 9.07. The Balaban J connectivity index is 0.00000264. The maximum atomic E-state index is 12.2. The van der Waals surface area contributed by atoms with Crippen molar-refractivity contribution in [3.05, 3.63) is 29.3 Å². The molecule has 2 N–H and O–H groups in total. The summed E-state index contributed by atoms with van der Waals surface area (Å²) in [7, 11) is 1.86. The predicted octanol–water partition coefficient (Wildman–Crippen LogP) is 2.46. The van der Waals surface area contributed by atoms with Crippen molar-refractivity contribution in [2.24, 2.45) is 5.92 Å². The van der Waals surface area contributed by atoms with Crippen LogP contribution in [0.3, 0.4) is 0 Å². The van der Waals surface area contributed by atoms with Crippen molar-refractivity contribution in [3.63, 3.8) is 0 Å². The van der Waals surface area contributed by atoms with Gasteiger partial charge in [0.2, 0.25) is 5.91 Å². The number of amides is 1. The van der Waals surface area contributed by atoms with E-state index in [1.54, 1.807) is 0 Å². The van der Waals surface area contributed by atoms with E-state index in [9.17, 15) is 4.79 Å². The van der Waals surface area contributed by atoms with Gasteiger partial charge in [-0.3, -0.25) is 9.69 Å². The molecule has 0 aromatic heterocycles. The highest BCUT2D eigenvalue weighted by atomic mass is 35.5. The van der Waals surface area contributed by atoms with Crippen LogP contribution in [0.2, 0.25) is 0 Å². The number of morpholine rings is 1. The van der Waals surface area contributed by atoms with Crippen LogP contribution in [0.4, 0.5) is 5.69 Å². The van der Waals surface area contributed by atoms with E-state index >= 15 is 0 Å². The molecule has 1 unspecified atom stereocenters. The van der Waals surface area contributed by atoms with Crippen LogP contribution >= 0.6 is 24.8 Å². The third-order valence-electron chi connectivity index (χ3n) is 4.03.